The van der Waals surface area contributed by atoms with Crippen LogP contribution in [0.2, 0.25) is 0 Å². The first-order chi connectivity index (χ1) is 9.13. The smallest absolute Gasteiger partial charge is 0.122 e. The van der Waals surface area contributed by atoms with E-state index in [1.54, 1.807) is 6.26 Å². The van der Waals surface area contributed by atoms with Gasteiger partial charge in [0.1, 0.15) is 5.76 Å². The van der Waals surface area contributed by atoms with Crippen LogP contribution in [-0.4, -0.2) is 49.1 Å². The van der Waals surface area contributed by atoms with Crippen molar-refractivity contribution in [3.05, 3.63) is 24.2 Å². The summed E-state index contributed by atoms with van der Waals surface area (Å²) in [6.45, 7) is 4.48. The number of hydrogen-bond donors (Lipinski definition) is 1. The van der Waals surface area contributed by atoms with Crippen molar-refractivity contribution >= 4 is 0 Å². The number of nitrogens with two attached hydrogens (primary N) is 1. The average Bonchev–Trinajstić information content (AvgIpc) is 2.93. The molecule has 2 heterocycles. The van der Waals surface area contributed by atoms with Crippen molar-refractivity contribution in [1.29, 1.82) is 0 Å². The van der Waals surface area contributed by atoms with E-state index in [1.807, 2.05) is 12.1 Å². The van der Waals surface area contributed by atoms with Gasteiger partial charge in [-0.1, -0.05) is 6.92 Å². The Kier molecular flexibility index (Phi) is 5.02. The van der Waals surface area contributed by atoms with E-state index in [0.717, 1.165) is 12.2 Å². The molecule has 4 nitrogen and oxygen atoms in total. The highest BCUT2D eigenvalue weighted by atomic mass is 16.3. The highest BCUT2D eigenvalue weighted by molar-refractivity contribution is 5.08. The summed E-state index contributed by atoms with van der Waals surface area (Å²) in [5, 5.41) is 0. The lowest BCUT2D eigenvalue weighted by atomic mass is 9.97. The van der Waals surface area contributed by atoms with E-state index in [4.69, 9.17) is 10.2 Å². The van der Waals surface area contributed by atoms with Crippen LogP contribution in [0.15, 0.2) is 22.8 Å². The first-order valence-electron chi connectivity index (χ1n) is 7.33. The number of furan rings is 1. The van der Waals surface area contributed by atoms with Crippen LogP contribution in [0.1, 0.15) is 38.0 Å². The Balaban J connectivity index is 2.09. The molecule has 2 rings (SSSR count). The molecule has 2 atom stereocenters. The molecule has 1 fully saturated rings. The molecular weight excluding hydrogens is 238 g/mol. The predicted molar refractivity (Wildman–Crippen MR) is 78.0 cm³/mol. The van der Waals surface area contributed by atoms with E-state index in [2.05, 4.69) is 30.8 Å². The first-order valence-corrected chi connectivity index (χ1v) is 7.33. The second kappa shape index (κ2) is 6.55. The Hall–Kier alpha value is -0.840. The van der Waals surface area contributed by atoms with Gasteiger partial charge in [0.25, 0.3) is 0 Å². The fourth-order valence-corrected chi connectivity index (χ4v) is 3.03. The minimum Gasteiger partial charge on any atom is -0.468 e. The Bertz CT molecular complexity index is 357. The molecule has 2 unspecified atom stereocenters. The maximum absolute atomic E-state index is 6.33. The maximum Gasteiger partial charge on any atom is 0.122 e. The van der Waals surface area contributed by atoms with Crippen molar-refractivity contribution in [3.8, 4) is 0 Å². The van der Waals surface area contributed by atoms with Crippen LogP contribution in [0.3, 0.4) is 0 Å². The fourth-order valence-electron chi connectivity index (χ4n) is 3.03. The molecule has 1 aromatic heterocycles. The maximum atomic E-state index is 6.33. The van der Waals surface area contributed by atoms with Crippen molar-refractivity contribution in [1.82, 2.24) is 9.80 Å². The normalized spacial score (nSPS) is 21.7. The van der Waals surface area contributed by atoms with Crippen LogP contribution in [0.5, 0.6) is 0 Å². The third-order valence-electron chi connectivity index (χ3n) is 4.41. The van der Waals surface area contributed by atoms with Gasteiger partial charge in [0.15, 0.2) is 0 Å². The van der Waals surface area contributed by atoms with Gasteiger partial charge in [0, 0.05) is 12.1 Å². The molecule has 4 heteroatoms. The van der Waals surface area contributed by atoms with Crippen LogP contribution in [-0.2, 0) is 0 Å². The number of likely N-dealkylation sites (tertiary alicyclic amines) is 1. The van der Waals surface area contributed by atoms with Crippen LogP contribution in [0.25, 0.3) is 0 Å². The third kappa shape index (κ3) is 3.38. The number of rotatable bonds is 5. The summed E-state index contributed by atoms with van der Waals surface area (Å²) in [5.41, 5.74) is 6.33. The second-order valence-corrected chi connectivity index (χ2v) is 5.73. The molecule has 0 aromatic carbocycles. The molecule has 0 aliphatic carbocycles. The van der Waals surface area contributed by atoms with Gasteiger partial charge in [-0.3, -0.25) is 4.90 Å². The molecule has 0 spiro atoms. The third-order valence-corrected chi connectivity index (χ3v) is 4.41. The van der Waals surface area contributed by atoms with E-state index < -0.39 is 0 Å². The van der Waals surface area contributed by atoms with Crippen LogP contribution >= 0.6 is 0 Å². The van der Waals surface area contributed by atoms with Crippen molar-refractivity contribution in [3.63, 3.8) is 0 Å². The zero-order valence-electron chi connectivity index (χ0n) is 12.4. The molecule has 108 valence electrons. The average molecular weight is 265 g/mol. The molecule has 0 radical (unpaired) electrons. The molecule has 2 N–H and O–H groups in total. The fraction of sp³-hybridized carbons (Fsp3) is 0.733. The van der Waals surface area contributed by atoms with Gasteiger partial charge in [0.05, 0.1) is 12.3 Å². The minimum atomic E-state index is 0.121. The largest absolute Gasteiger partial charge is 0.468 e. The number of likely N-dealkylation sites (N-methyl/N-ethyl adjacent to an activating group) is 1. The van der Waals surface area contributed by atoms with Crippen LogP contribution in [0, 0.1) is 0 Å². The topological polar surface area (TPSA) is 45.6 Å². The second-order valence-electron chi connectivity index (χ2n) is 5.73. The molecule has 1 aliphatic heterocycles. The molecule has 0 bridgehead atoms. The molecule has 0 saturated carbocycles. The van der Waals surface area contributed by atoms with Gasteiger partial charge in [-0.25, -0.2) is 0 Å². The van der Waals surface area contributed by atoms with E-state index in [1.165, 1.54) is 25.9 Å². The Morgan fingerprint density at radius 3 is 2.68 bits per heavy atom. The Morgan fingerprint density at radius 2 is 2.16 bits per heavy atom. The lowest BCUT2D eigenvalue weighted by Crippen LogP contribution is -2.47. The van der Waals surface area contributed by atoms with Crippen LogP contribution < -0.4 is 5.73 Å². The van der Waals surface area contributed by atoms with Crippen molar-refractivity contribution < 1.29 is 4.42 Å². The SMILES string of the molecule is CCC(N)C(c1ccco1)N(C)C1CCN(C)CC1. The number of hydrogen-bond acceptors (Lipinski definition) is 4. The van der Waals surface area contributed by atoms with Crippen molar-refractivity contribution in [2.45, 2.75) is 44.3 Å². The van der Waals surface area contributed by atoms with Crippen LogP contribution in [0.4, 0.5) is 0 Å². The van der Waals surface area contributed by atoms with Gasteiger partial charge in [0.2, 0.25) is 0 Å². The van der Waals surface area contributed by atoms with Gasteiger partial charge in [-0.05, 0) is 58.6 Å². The summed E-state index contributed by atoms with van der Waals surface area (Å²) < 4.78 is 5.62. The molecule has 1 aliphatic rings. The highest BCUT2D eigenvalue weighted by Crippen LogP contribution is 2.29. The number of piperidine rings is 1. The lowest BCUT2D eigenvalue weighted by Gasteiger charge is -2.40. The quantitative estimate of drug-likeness (QED) is 0.885. The number of nitrogens with zero attached hydrogens (tertiary/aromatic N) is 2. The molecule has 0 amide bonds. The van der Waals surface area contributed by atoms with Gasteiger partial charge < -0.3 is 15.1 Å². The van der Waals surface area contributed by atoms with Gasteiger partial charge >= 0.3 is 0 Å². The summed E-state index contributed by atoms with van der Waals surface area (Å²) in [7, 11) is 4.39. The lowest BCUT2D eigenvalue weighted by molar-refractivity contribution is 0.0827. The van der Waals surface area contributed by atoms with E-state index in [-0.39, 0.29) is 12.1 Å². The molecule has 19 heavy (non-hydrogen) atoms. The van der Waals surface area contributed by atoms with E-state index in [9.17, 15) is 0 Å². The molecule has 1 saturated heterocycles. The Morgan fingerprint density at radius 1 is 1.47 bits per heavy atom. The van der Waals surface area contributed by atoms with E-state index in [0.29, 0.717) is 6.04 Å². The molecule has 1 aromatic rings. The van der Waals surface area contributed by atoms with Gasteiger partial charge in [-0.2, -0.15) is 0 Å². The summed E-state index contributed by atoms with van der Waals surface area (Å²) in [6.07, 6.45) is 5.12. The summed E-state index contributed by atoms with van der Waals surface area (Å²) in [6, 6.07) is 4.91. The Labute approximate surface area is 116 Å². The van der Waals surface area contributed by atoms with Crippen molar-refractivity contribution in [2.24, 2.45) is 5.73 Å². The molecular formula is C15H27N3O. The summed E-state index contributed by atoms with van der Waals surface area (Å²) in [5.74, 6) is 0.996. The zero-order chi connectivity index (χ0) is 13.8. The standard InChI is InChI=1S/C15H27N3O/c1-4-13(16)15(14-6-5-11-19-14)18(3)12-7-9-17(2)10-8-12/h5-6,11-13,15H,4,7-10,16H2,1-3H3. The summed E-state index contributed by atoms with van der Waals surface area (Å²) in [4.78, 5) is 4.83. The first kappa shape index (κ1) is 14.6. The highest BCUT2D eigenvalue weighted by Gasteiger charge is 2.31. The summed E-state index contributed by atoms with van der Waals surface area (Å²) >= 11 is 0. The minimum absolute atomic E-state index is 0.121. The van der Waals surface area contributed by atoms with Gasteiger partial charge in [-0.15, -0.1) is 0 Å². The monoisotopic (exact) mass is 265 g/mol. The predicted octanol–water partition coefficient (Wildman–Crippen LogP) is 2.08. The van der Waals surface area contributed by atoms with E-state index >= 15 is 0 Å². The van der Waals surface area contributed by atoms with Crippen molar-refractivity contribution in [2.75, 3.05) is 27.2 Å². The zero-order valence-corrected chi connectivity index (χ0v) is 12.4.